The molecule has 1 atom stereocenters. The summed E-state index contributed by atoms with van der Waals surface area (Å²) in [4.78, 5) is 0. The summed E-state index contributed by atoms with van der Waals surface area (Å²) in [7, 11) is 0. The molecule has 2 aromatic carbocycles. The Kier molecular flexibility index (Phi) is 4.92. The Morgan fingerprint density at radius 3 is 2.60 bits per heavy atom. The quantitative estimate of drug-likeness (QED) is 0.864. The highest BCUT2D eigenvalue weighted by Gasteiger charge is 2.12. The lowest BCUT2D eigenvalue weighted by Gasteiger charge is -2.15. The minimum Gasteiger partial charge on any atom is -0.455 e. The molecule has 4 heteroatoms. The van der Waals surface area contributed by atoms with Gasteiger partial charge in [-0.25, -0.2) is 0 Å². The van der Waals surface area contributed by atoms with Crippen LogP contribution in [-0.2, 0) is 6.42 Å². The summed E-state index contributed by atoms with van der Waals surface area (Å²) in [6.07, 6.45) is 0.711. The number of aryl methyl sites for hydroxylation is 1. The Morgan fingerprint density at radius 1 is 1.20 bits per heavy atom. The van der Waals surface area contributed by atoms with Gasteiger partial charge in [0, 0.05) is 11.1 Å². The maximum Gasteiger partial charge on any atom is 0.149 e. The molecule has 2 rings (SSSR count). The molecule has 0 saturated carbocycles. The first kappa shape index (κ1) is 15.2. The topological polar surface area (TPSA) is 35.2 Å². The largest absolute Gasteiger partial charge is 0.455 e. The van der Waals surface area contributed by atoms with Crippen molar-refractivity contribution in [1.29, 1.82) is 0 Å². The molecule has 0 spiro atoms. The molecule has 0 radical (unpaired) electrons. The molecule has 1 unspecified atom stereocenters. The molecule has 0 bridgehead atoms. The number of hydrogen-bond donors (Lipinski definition) is 1. The minimum absolute atomic E-state index is 0.0436. The minimum atomic E-state index is 0.0436. The van der Waals surface area contributed by atoms with Gasteiger partial charge in [0.1, 0.15) is 11.5 Å². The van der Waals surface area contributed by atoms with Crippen LogP contribution in [0.1, 0.15) is 18.1 Å². The summed E-state index contributed by atoms with van der Waals surface area (Å²) in [5, 5.41) is 1.27. The van der Waals surface area contributed by atoms with Crippen LogP contribution in [-0.4, -0.2) is 6.04 Å². The Hall–Kier alpha value is -1.22. The molecule has 0 aliphatic heterocycles. The number of nitrogens with two attached hydrogens (primary N) is 1. The molecule has 0 amide bonds. The fraction of sp³-hybridized carbons (Fsp3) is 0.250. The van der Waals surface area contributed by atoms with Crippen molar-refractivity contribution in [1.82, 2.24) is 0 Å². The SMILES string of the molecule is Cc1cc(Cl)ccc1Oc1c(Cl)cccc1CC(C)N. The van der Waals surface area contributed by atoms with Gasteiger partial charge >= 0.3 is 0 Å². The van der Waals surface area contributed by atoms with Gasteiger partial charge in [0.25, 0.3) is 0 Å². The molecule has 0 aromatic heterocycles. The van der Waals surface area contributed by atoms with Crippen molar-refractivity contribution in [2.24, 2.45) is 5.73 Å². The lowest BCUT2D eigenvalue weighted by atomic mass is 10.1. The van der Waals surface area contributed by atoms with Gasteiger partial charge in [-0.3, -0.25) is 0 Å². The van der Waals surface area contributed by atoms with Gasteiger partial charge in [0.15, 0.2) is 0 Å². The third-order valence-electron chi connectivity index (χ3n) is 2.94. The number of halogens is 2. The second-order valence-corrected chi connectivity index (χ2v) is 5.77. The average molecular weight is 310 g/mol. The van der Waals surface area contributed by atoms with E-state index in [2.05, 4.69) is 0 Å². The van der Waals surface area contributed by atoms with E-state index in [1.807, 2.05) is 44.2 Å². The second-order valence-electron chi connectivity index (χ2n) is 4.92. The average Bonchev–Trinajstić information content (AvgIpc) is 2.35. The molecular weight excluding hydrogens is 293 g/mol. The van der Waals surface area contributed by atoms with Crippen molar-refractivity contribution in [3.05, 3.63) is 57.6 Å². The van der Waals surface area contributed by atoms with E-state index in [-0.39, 0.29) is 6.04 Å². The van der Waals surface area contributed by atoms with E-state index in [0.717, 1.165) is 16.9 Å². The van der Waals surface area contributed by atoms with Crippen LogP contribution in [0.5, 0.6) is 11.5 Å². The molecule has 0 aliphatic rings. The summed E-state index contributed by atoms with van der Waals surface area (Å²) < 4.78 is 5.98. The fourth-order valence-electron chi connectivity index (χ4n) is 2.01. The molecule has 0 heterocycles. The van der Waals surface area contributed by atoms with Crippen LogP contribution in [0.2, 0.25) is 10.0 Å². The number of hydrogen-bond acceptors (Lipinski definition) is 2. The maximum absolute atomic E-state index is 6.25. The first-order valence-corrected chi connectivity index (χ1v) is 7.20. The van der Waals surface area contributed by atoms with E-state index in [1.165, 1.54) is 0 Å². The van der Waals surface area contributed by atoms with Crippen molar-refractivity contribution in [3.63, 3.8) is 0 Å². The van der Waals surface area contributed by atoms with E-state index in [1.54, 1.807) is 6.07 Å². The van der Waals surface area contributed by atoms with Gasteiger partial charge in [-0.1, -0.05) is 35.3 Å². The predicted octanol–water partition coefficient (Wildman–Crippen LogP) is 4.98. The van der Waals surface area contributed by atoms with Gasteiger partial charge in [0.2, 0.25) is 0 Å². The van der Waals surface area contributed by atoms with Crippen molar-refractivity contribution < 1.29 is 4.74 Å². The number of benzene rings is 2. The van der Waals surface area contributed by atoms with Gasteiger partial charge < -0.3 is 10.5 Å². The third-order valence-corrected chi connectivity index (χ3v) is 3.47. The summed E-state index contributed by atoms with van der Waals surface area (Å²) in [5.41, 5.74) is 7.83. The number of para-hydroxylation sites is 1. The maximum atomic E-state index is 6.25. The Bertz CT molecular complexity index is 611. The molecule has 0 aliphatic carbocycles. The first-order valence-electron chi connectivity index (χ1n) is 6.44. The van der Waals surface area contributed by atoms with E-state index in [4.69, 9.17) is 33.7 Å². The van der Waals surface area contributed by atoms with Crippen molar-refractivity contribution in [2.75, 3.05) is 0 Å². The standard InChI is InChI=1S/C16H17Cl2NO/c1-10-8-13(17)6-7-15(10)20-16-12(9-11(2)19)4-3-5-14(16)18/h3-8,11H,9,19H2,1-2H3. The summed E-state index contributed by atoms with van der Waals surface area (Å²) in [5.74, 6) is 1.41. The molecule has 0 fully saturated rings. The van der Waals surface area contributed by atoms with Crippen LogP contribution in [0.4, 0.5) is 0 Å². The zero-order valence-corrected chi connectivity index (χ0v) is 13.0. The lowest BCUT2D eigenvalue weighted by molar-refractivity contribution is 0.470. The fourth-order valence-corrected chi connectivity index (χ4v) is 2.47. The van der Waals surface area contributed by atoms with E-state index >= 15 is 0 Å². The molecule has 2 N–H and O–H groups in total. The van der Waals surface area contributed by atoms with E-state index < -0.39 is 0 Å². The van der Waals surface area contributed by atoms with Gasteiger partial charge in [-0.05, 0) is 55.7 Å². The van der Waals surface area contributed by atoms with Crippen molar-refractivity contribution in [3.8, 4) is 11.5 Å². The van der Waals surface area contributed by atoms with Gasteiger partial charge in [-0.15, -0.1) is 0 Å². The summed E-state index contributed by atoms with van der Waals surface area (Å²) in [6.45, 7) is 3.90. The van der Waals surface area contributed by atoms with Crippen molar-refractivity contribution >= 4 is 23.2 Å². The molecule has 106 valence electrons. The Labute approximate surface area is 129 Å². The Morgan fingerprint density at radius 2 is 1.95 bits per heavy atom. The highest BCUT2D eigenvalue weighted by molar-refractivity contribution is 6.32. The Balaban J connectivity index is 2.37. The summed E-state index contributed by atoms with van der Waals surface area (Å²) >= 11 is 12.2. The number of rotatable bonds is 4. The van der Waals surface area contributed by atoms with Crippen LogP contribution in [0.25, 0.3) is 0 Å². The van der Waals surface area contributed by atoms with Crippen LogP contribution < -0.4 is 10.5 Å². The molecular formula is C16H17Cl2NO. The van der Waals surface area contributed by atoms with Crippen LogP contribution in [0.3, 0.4) is 0 Å². The van der Waals surface area contributed by atoms with Crippen LogP contribution in [0, 0.1) is 6.92 Å². The lowest BCUT2D eigenvalue weighted by Crippen LogP contribution is -2.18. The normalized spacial score (nSPS) is 12.2. The van der Waals surface area contributed by atoms with Crippen LogP contribution >= 0.6 is 23.2 Å². The zero-order valence-electron chi connectivity index (χ0n) is 11.5. The zero-order chi connectivity index (χ0) is 14.7. The predicted molar refractivity (Wildman–Crippen MR) is 85.1 cm³/mol. The molecule has 2 aromatic rings. The first-order chi connectivity index (χ1) is 9.47. The van der Waals surface area contributed by atoms with Gasteiger partial charge in [0.05, 0.1) is 5.02 Å². The molecule has 20 heavy (non-hydrogen) atoms. The monoisotopic (exact) mass is 309 g/mol. The molecule has 0 saturated heterocycles. The summed E-state index contributed by atoms with van der Waals surface area (Å²) in [6, 6.07) is 11.2. The van der Waals surface area contributed by atoms with E-state index in [0.29, 0.717) is 22.2 Å². The highest BCUT2D eigenvalue weighted by Crippen LogP contribution is 2.35. The third kappa shape index (κ3) is 3.66. The van der Waals surface area contributed by atoms with Gasteiger partial charge in [-0.2, -0.15) is 0 Å². The second kappa shape index (κ2) is 6.49. The number of ether oxygens (including phenoxy) is 1. The van der Waals surface area contributed by atoms with E-state index in [9.17, 15) is 0 Å². The van der Waals surface area contributed by atoms with Crippen LogP contribution in [0.15, 0.2) is 36.4 Å². The highest BCUT2D eigenvalue weighted by atomic mass is 35.5. The smallest absolute Gasteiger partial charge is 0.149 e. The molecule has 2 nitrogen and oxygen atoms in total. The van der Waals surface area contributed by atoms with Crippen molar-refractivity contribution in [2.45, 2.75) is 26.3 Å².